The van der Waals surface area contributed by atoms with Crippen LogP contribution in [0.1, 0.15) is 25.3 Å². The molecule has 1 fully saturated rings. The molecule has 2 rings (SSSR count). The van der Waals surface area contributed by atoms with E-state index in [-0.39, 0.29) is 23.5 Å². The zero-order valence-electron chi connectivity index (χ0n) is 13.5. The lowest BCUT2D eigenvalue weighted by Crippen LogP contribution is -2.39. The summed E-state index contributed by atoms with van der Waals surface area (Å²) in [5, 5.41) is 10.6. The molecule has 24 heavy (non-hydrogen) atoms. The predicted molar refractivity (Wildman–Crippen MR) is 88.1 cm³/mol. The summed E-state index contributed by atoms with van der Waals surface area (Å²) in [6.07, 6.45) is 4.29. The maximum atomic E-state index is 12.2. The lowest BCUT2D eigenvalue weighted by atomic mass is 9.97. The topological polar surface area (TPSA) is 89.8 Å². The van der Waals surface area contributed by atoms with Crippen LogP contribution in [0.25, 0.3) is 6.08 Å². The molecule has 0 aliphatic carbocycles. The lowest BCUT2D eigenvalue weighted by molar-refractivity contribution is -0.384. The highest BCUT2D eigenvalue weighted by atomic mass is 16.6. The zero-order valence-corrected chi connectivity index (χ0v) is 13.5. The average molecular weight is 332 g/mol. The molecule has 1 aliphatic rings. The Morgan fingerprint density at radius 2 is 1.92 bits per heavy atom. The standard InChI is InChI=1S/C17H20N2O5/c1-2-24-17(21)14-9-11-18(12-10-14)16(20)8-5-13-3-6-15(7-4-13)19(22)23/h3-8,14H,2,9-12H2,1H3. The third-order valence-electron chi connectivity index (χ3n) is 3.95. The van der Waals surface area contributed by atoms with Crippen molar-refractivity contribution in [1.82, 2.24) is 4.90 Å². The first-order valence-electron chi connectivity index (χ1n) is 7.89. The third-order valence-corrected chi connectivity index (χ3v) is 3.95. The van der Waals surface area contributed by atoms with Crippen LogP contribution in [0, 0.1) is 16.0 Å². The molecule has 128 valence electrons. The van der Waals surface area contributed by atoms with Gasteiger partial charge in [0.2, 0.25) is 5.91 Å². The molecule has 7 nitrogen and oxygen atoms in total. The number of nitro groups is 1. The van der Waals surface area contributed by atoms with Crippen LogP contribution in [0.4, 0.5) is 5.69 Å². The second-order valence-corrected chi connectivity index (χ2v) is 5.53. The van der Waals surface area contributed by atoms with E-state index in [9.17, 15) is 19.7 Å². The maximum absolute atomic E-state index is 12.2. The van der Waals surface area contributed by atoms with E-state index in [1.54, 1.807) is 30.0 Å². The Labute approximate surface area is 140 Å². The van der Waals surface area contributed by atoms with E-state index in [1.807, 2.05) is 0 Å². The summed E-state index contributed by atoms with van der Waals surface area (Å²) in [6, 6.07) is 5.98. The van der Waals surface area contributed by atoms with Gasteiger partial charge in [-0.15, -0.1) is 0 Å². The molecule has 1 saturated heterocycles. The molecule has 0 unspecified atom stereocenters. The Kier molecular flexibility index (Phi) is 6.06. The van der Waals surface area contributed by atoms with Crippen LogP contribution in [0.2, 0.25) is 0 Å². The number of rotatable bonds is 5. The molecule has 7 heteroatoms. The number of carbonyl (C=O) groups is 2. The van der Waals surface area contributed by atoms with Gasteiger partial charge in [-0.1, -0.05) is 0 Å². The van der Waals surface area contributed by atoms with Gasteiger partial charge in [-0.3, -0.25) is 19.7 Å². The SMILES string of the molecule is CCOC(=O)C1CCN(C(=O)C=Cc2ccc([N+](=O)[O-])cc2)CC1. The number of amides is 1. The molecule has 1 aromatic carbocycles. The van der Waals surface area contributed by atoms with Crippen LogP contribution in [0.5, 0.6) is 0 Å². The molecular formula is C17H20N2O5. The summed E-state index contributed by atoms with van der Waals surface area (Å²) < 4.78 is 5.00. The molecule has 0 aromatic heterocycles. The number of piperidine rings is 1. The van der Waals surface area contributed by atoms with E-state index in [0.717, 1.165) is 5.56 Å². The number of esters is 1. The van der Waals surface area contributed by atoms with Crippen molar-refractivity contribution >= 4 is 23.6 Å². The number of non-ortho nitro benzene ring substituents is 1. The highest BCUT2D eigenvalue weighted by molar-refractivity contribution is 5.92. The van der Waals surface area contributed by atoms with Crippen molar-refractivity contribution < 1.29 is 19.2 Å². The fourth-order valence-electron chi connectivity index (χ4n) is 2.58. The Morgan fingerprint density at radius 3 is 2.46 bits per heavy atom. The normalized spacial score (nSPS) is 15.5. The summed E-state index contributed by atoms with van der Waals surface area (Å²) in [7, 11) is 0. The van der Waals surface area contributed by atoms with E-state index < -0.39 is 4.92 Å². The number of nitrogens with zero attached hydrogens (tertiary/aromatic N) is 2. The van der Waals surface area contributed by atoms with Gasteiger partial charge in [0.15, 0.2) is 0 Å². The van der Waals surface area contributed by atoms with Crippen LogP contribution in [-0.4, -0.2) is 41.4 Å². The number of benzene rings is 1. The minimum atomic E-state index is -0.466. The predicted octanol–water partition coefficient (Wildman–Crippen LogP) is 2.41. The molecule has 1 heterocycles. The monoisotopic (exact) mass is 332 g/mol. The van der Waals surface area contributed by atoms with E-state index in [2.05, 4.69) is 0 Å². The van der Waals surface area contributed by atoms with Crippen LogP contribution in [0.15, 0.2) is 30.3 Å². The molecule has 0 radical (unpaired) electrons. The second kappa shape index (κ2) is 8.24. The minimum absolute atomic E-state index is 0.0134. The molecule has 1 amide bonds. The van der Waals surface area contributed by atoms with Crippen LogP contribution < -0.4 is 0 Å². The summed E-state index contributed by atoms with van der Waals surface area (Å²) in [5.74, 6) is -0.450. The number of hydrogen-bond acceptors (Lipinski definition) is 5. The first-order valence-corrected chi connectivity index (χ1v) is 7.89. The number of hydrogen-bond donors (Lipinski definition) is 0. The van der Waals surface area contributed by atoms with E-state index >= 15 is 0 Å². The van der Waals surface area contributed by atoms with Crippen molar-refractivity contribution in [3.05, 3.63) is 46.0 Å². The first-order chi connectivity index (χ1) is 11.5. The lowest BCUT2D eigenvalue weighted by Gasteiger charge is -2.30. The summed E-state index contributed by atoms with van der Waals surface area (Å²) in [5.41, 5.74) is 0.731. The van der Waals surface area contributed by atoms with Gasteiger partial charge in [0.1, 0.15) is 0 Å². The van der Waals surface area contributed by atoms with Crippen molar-refractivity contribution in [3.63, 3.8) is 0 Å². The van der Waals surface area contributed by atoms with Gasteiger partial charge in [0, 0.05) is 31.3 Å². The Bertz CT molecular complexity index is 631. The van der Waals surface area contributed by atoms with Crippen molar-refractivity contribution in [3.8, 4) is 0 Å². The van der Waals surface area contributed by atoms with Gasteiger partial charge >= 0.3 is 5.97 Å². The Balaban J connectivity index is 1.87. The molecule has 0 atom stereocenters. The van der Waals surface area contributed by atoms with Crippen LogP contribution in [-0.2, 0) is 14.3 Å². The van der Waals surface area contributed by atoms with Crippen molar-refractivity contribution in [2.24, 2.45) is 5.92 Å². The molecule has 0 spiro atoms. The van der Waals surface area contributed by atoms with E-state index in [1.165, 1.54) is 18.2 Å². The van der Waals surface area contributed by atoms with Gasteiger partial charge < -0.3 is 9.64 Å². The van der Waals surface area contributed by atoms with Crippen LogP contribution >= 0.6 is 0 Å². The van der Waals surface area contributed by atoms with Gasteiger partial charge in [0.25, 0.3) is 5.69 Å². The molecule has 0 N–H and O–H groups in total. The minimum Gasteiger partial charge on any atom is -0.466 e. The van der Waals surface area contributed by atoms with Gasteiger partial charge in [-0.25, -0.2) is 0 Å². The second-order valence-electron chi connectivity index (χ2n) is 5.53. The number of nitro benzene ring substituents is 1. The Morgan fingerprint density at radius 1 is 1.29 bits per heavy atom. The number of ether oxygens (including phenoxy) is 1. The van der Waals surface area contributed by atoms with Crippen molar-refractivity contribution in [2.75, 3.05) is 19.7 Å². The van der Waals surface area contributed by atoms with Gasteiger partial charge in [-0.05, 0) is 43.5 Å². The zero-order chi connectivity index (χ0) is 17.5. The van der Waals surface area contributed by atoms with Crippen molar-refractivity contribution in [2.45, 2.75) is 19.8 Å². The Hall–Kier alpha value is -2.70. The highest BCUT2D eigenvalue weighted by Gasteiger charge is 2.27. The smallest absolute Gasteiger partial charge is 0.309 e. The maximum Gasteiger partial charge on any atom is 0.309 e. The largest absolute Gasteiger partial charge is 0.466 e. The average Bonchev–Trinajstić information content (AvgIpc) is 2.60. The first kappa shape index (κ1) is 17.7. The molecular weight excluding hydrogens is 312 g/mol. The van der Waals surface area contributed by atoms with E-state index in [4.69, 9.17) is 4.74 Å². The fraction of sp³-hybridized carbons (Fsp3) is 0.412. The van der Waals surface area contributed by atoms with Crippen molar-refractivity contribution in [1.29, 1.82) is 0 Å². The third kappa shape index (κ3) is 4.65. The van der Waals surface area contributed by atoms with E-state index in [0.29, 0.717) is 32.5 Å². The molecule has 1 aromatic rings. The number of carbonyl (C=O) groups excluding carboxylic acids is 2. The highest BCUT2D eigenvalue weighted by Crippen LogP contribution is 2.19. The van der Waals surface area contributed by atoms with Crippen LogP contribution in [0.3, 0.4) is 0 Å². The summed E-state index contributed by atoms with van der Waals surface area (Å²) in [6.45, 7) is 3.19. The fourth-order valence-corrected chi connectivity index (χ4v) is 2.58. The summed E-state index contributed by atoms with van der Waals surface area (Å²) >= 11 is 0. The molecule has 1 aliphatic heterocycles. The quantitative estimate of drug-likeness (QED) is 0.357. The number of likely N-dealkylation sites (tertiary alicyclic amines) is 1. The van der Waals surface area contributed by atoms with Gasteiger partial charge in [0.05, 0.1) is 17.4 Å². The molecule has 0 bridgehead atoms. The van der Waals surface area contributed by atoms with Gasteiger partial charge in [-0.2, -0.15) is 0 Å². The molecule has 0 saturated carbocycles. The summed E-state index contributed by atoms with van der Waals surface area (Å²) in [4.78, 5) is 35.7.